The van der Waals surface area contributed by atoms with Gasteiger partial charge in [0.15, 0.2) is 0 Å². The van der Waals surface area contributed by atoms with E-state index in [0.717, 1.165) is 39.1 Å². The van der Waals surface area contributed by atoms with Gasteiger partial charge in [-0.3, -0.25) is 9.69 Å². The van der Waals surface area contributed by atoms with Crippen LogP contribution in [-0.2, 0) is 4.74 Å². The number of benzene rings is 1. The molecule has 1 spiro atoms. The van der Waals surface area contributed by atoms with Gasteiger partial charge in [0.05, 0.1) is 17.2 Å². The number of likely N-dealkylation sites (N-methyl/N-ethyl adjacent to an activating group) is 1. The van der Waals surface area contributed by atoms with E-state index in [4.69, 9.17) is 10.00 Å². The summed E-state index contributed by atoms with van der Waals surface area (Å²) in [7, 11) is 3.91. The molecule has 0 aromatic heterocycles. The fourth-order valence-corrected chi connectivity index (χ4v) is 3.87. The first-order chi connectivity index (χ1) is 11.1. The molecule has 3 rings (SSSR count). The molecule has 1 amide bonds. The first-order valence-electron chi connectivity index (χ1n) is 8.07. The van der Waals surface area contributed by atoms with Crippen molar-refractivity contribution >= 4 is 5.91 Å². The van der Waals surface area contributed by atoms with E-state index in [-0.39, 0.29) is 11.4 Å². The van der Waals surface area contributed by atoms with Crippen LogP contribution in [0.5, 0.6) is 0 Å². The van der Waals surface area contributed by atoms with Gasteiger partial charge in [-0.05, 0) is 50.6 Å². The van der Waals surface area contributed by atoms with Crippen LogP contribution in [-0.4, -0.2) is 61.6 Å². The molecule has 1 unspecified atom stereocenters. The number of nitriles is 1. The van der Waals surface area contributed by atoms with Crippen LogP contribution in [0.3, 0.4) is 0 Å². The molecular weight excluding hydrogens is 290 g/mol. The first-order valence-corrected chi connectivity index (χ1v) is 8.07. The van der Waals surface area contributed by atoms with Gasteiger partial charge >= 0.3 is 0 Å². The van der Waals surface area contributed by atoms with Gasteiger partial charge in [-0.15, -0.1) is 0 Å². The van der Waals surface area contributed by atoms with Gasteiger partial charge in [0, 0.05) is 32.4 Å². The molecule has 122 valence electrons. The summed E-state index contributed by atoms with van der Waals surface area (Å²) >= 11 is 0. The van der Waals surface area contributed by atoms with Crippen molar-refractivity contribution in [3.63, 3.8) is 0 Å². The molecule has 0 saturated carbocycles. The summed E-state index contributed by atoms with van der Waals surface area (Å²) in [6.07, 6.45) is 2.24. The molecule has 23 heavy (non-hydrogen) atoms. The number of amides is 1. The Morgan fingerprint density at radius 2 is 2.26 bits per heavy atom. The summed E-state index contributed by atoms with van der Waals surface area (Å²) in [5.41, 5.74) is 1.23. The molecule has 1 atom stereocenters. The smallest absolute Gasteiger partial charge is 0.254 e. The topological polar surface area (TPSA) is 56.6 Å². The lowest BCUT2D eigenvalue weighted by Crippen LogP contribution is -2.72. The zero-order valence-electron chi connectivity index (χ0n) is 13.8. The number of rotatable bonds is 3. The van der Waals surface area contributed by atoms with Crippen LogP contribution in [0.1, 0.15) is 28.8 Å². The second kappa shape index (κ2) is 6.31. The molecule has 2 aliphatic heterocycles. The van der Waals surface area contributed by atoms with Crippen molar-refractivity contribution in [3.8, 4) is 6.07 Å². The summed E-state index contributed by atoms with van der Waals surface area (Å²) in [6, 6.07) is 9.03. The molecule has 1 aromatic carbocycles. The van der Waals surface area contributed by atoms with Crippen LogP contribution in [0, 0.1) is 17.2 Å². The monoisotopic (exact) mass is 313 g/mol. The second-order valence-corrected chi connectivity index (χ2v) is 6.81. The van der Waals surface area contributed by atoms with Gasteiger partial charge in [0.25, 0.3) is 5.91 Å². The van der Waals surface area contributed by atoms with Crippen molar-refractivity contribution in [2.45, 2.75) is 18.4 Å². The third-order valence-corrected chi connectivity index (χ3v) is 5.25. The van der Waals surface area contributed by atoms with Gasteiger partial charge in [0.2, 0.25) is 0 Å². The highest BCUT2D eigenvalue weighted by molar-refractivity contribution is 5.95. The molecular formula is C18H23N3O2. The van der Waals surface area contributed by atoms with E-state index in [9.17, 15) is 4.79 Å². The minimum absolute atomic E-state index is 0.0231. The van der Waals surface area contributed by atoms with Gasteiger partial charge in [-0.2, -0.15) is 5.26 Å². The number of piperidine rings is 1. The van der Waals surface area contributed by atoms with Crippen LogP contribution in [0.15, 0.2) is 24.3 Å². The zero-order chi connectivity index (χ0) is 16.4. The Hall–Kier alpha value is -1.90. The van der Waals surface area contributed by atoms with Gasteiger partial charge in [0.1, 0.15) is 0 Å². The van der Waals surface area contributed by atoms with E-state index < -0.39 is 0 Å². The summed E-state index contributed by atoms with van der Waals surface area (Å²) in [5.74, 6) is 0.602. The highest BCUT2D eigenvalue weighted by Crippen LogP contribution is 2.38. The average Bonchev–Trinajstić information content (AvgIpc) is 2.54. The number of methoxy groups -OCH3 is 1. The Morgan fingerprint density at radius 1 is 1.48 bits per heavy atom. The minimum atomic E-state index is 0.0231. The molecule has 0 aliphatic carbocycles. The maximum Gasteiger partial charge on any atom is 0.254 e. The lowest BCUT2D eigenvalue weighted by atomic mass is 9.75. The molecule has 0 bridgehead atoms. The van der Waals surface area contributed by atoms with Crippen LogP contribution < -0.4 is 0 Å². The SMILES string of the molecule is COCC1CCN(C)C2(C1)CN(C(=O)c1cccc(C#N)c1)C2. The predicted molar refractivity (Wildman–Crippen MR) is 87.0 cm³/mol. The Labute approximate surface area is 137 Å². The van der Waals surface area contributed by atoms with Crippen LogP contribution in [0.2, 0.25) is 0 Å². The quantitative estimate of drug-likeness (QED) is 0.853. The van der Waals surface area contributed by atoms with Crippen molar-refractivity contribution in [2.24, 2.45) is 5.92 Å². The molecule has 5 heteroatoms. The number of nitrogens with zero attached hydrogens (tertiary/aromatic N) is 3. The summed E-state index contributed by atoms with van der Waals surface area (Å²) in [5, 5.41) is 8.97. The zero-order valence-corrected chi connectivity index (χ0v) is 13.8. The highest BCUT2D eigenvalue weighted by atomic mass is 16.5. The van der Waals surface area contributed by atoms with Gasteiger partial charge < -0.3 is 9.64 Å². The van der Waals surface area contributed by atoms with E-state index in [1.54, 1.807) is 31.4 Å². The van der Waals surface area contributed by atoms with Crippen molar-refractivity contribution in [1.29, 1.82) is 5.26 Å². The second-order valence-electron chi connectivity index (χ2n) is 6.81. The minimum Gasteiger partial charge on any atom is -0.384 e. The number of likely N-dealkylation sites (tertiary alicyclic amines) is 2. The highest BCUT2D eigenvalue weighted by Gasteiger charge is 2.50. The van der Waals surface area contributed by atoms with E-state index in [2.05, 4.69) is 18.0 Å². The van der Waals surface area contributed by atoms with Crippen molar-refractivity contribution < 1.29 is 9.53 Å². The average molecular weight is 313 g/mol. The number of ether oxygens (including phenoxy) is 1. The fourth-order valence-electron chi connectivity index (χ4n) is 3.87. The van der Waals surface area contributed by atoms with Crippen LogP contribution >= 0.6 is 0 Å². The molecule has 2 fully saturated rings. The lowest BCUT2D eigenvalue weighted by Gasteiger charge is -2.58. The summed E-state index contributed by atoms with van der Waals surface area (Å²) in [6.45, 7) is 3.38. The van der Waals surface area contributed by atoms with E-state index in [1.165, 1.54) is 0 Å². The molecule has 1 aromatic rings. The maximum absolute atomic E-state index is 12.6. The van der Waals surface area contributed by atoms with E-state index in [1.807, 2.05) is 4.90 Å². The fraction of sp³-hybridized carbons (Fsp3) is 0.556. The first kappa shape index (κ1) is 16.0. The maximum atomic E-state index is 12.6. The van der Waals surface area contributed by atoms with Crippen LogP contribution in [0.4, 0.5) is 0 Å². The number of hydrogen-bond acceptors (Lipinski definition) is 4. The molecule has 0 radical (unpaired) electrons. The van der Waals surface area contributed by atoms with Gasteiger partial charge in [-0.25, -0.2) is 0 Å². The summed E-state index contributed by atoms with van der Waals surface area (Å²) < 4.78 is 5.32. The largest absolute Gasteiger partial charge is 0.384 e. The molecule has 2 saturated heterocycles. The van der Waals surface area contributed by atoms with Crippen LogP contribution in [0.25, 0.3) is 0 Å². The number of hydrogen-bond donors (Lipinski definition) is 0. The van der Waals surface area contributed by atoms with E-state index in [0.29, 0.717) is 17.0 Å². The number of carbonyl (C=O) groups excluding carboxylic acids is 1. The standard InChI is InChI=1S/C18H23N3O2/c1-20-7-6-15(11-23-2)9-18(20)12-21(13-18)17(22)16-5-3-4-14(8-16)10-19/h3-5,8,15H,6-7,9,11-13H2,1-2H3. The van der Waals surface area contributed by atoms with E-state index >= 15 is 0 Å². The van der Waals surface area contributed by atoms with Gasteiger partial charge in [-0.1, -0.05) is 6.07 Å². The lowest BCUT2D eigenvalue weighted by molar-refractivity contribution is -0.0731. The Morgan fingerprint density at radius 3 is 2.96 bits per heavy atom. The third-order valence-electron chi connectivity index (χ3n) is 5.25. The van der Waals surface area contributed by atoms with Crippen molar-refractivity contribution in [3.05, 3.63) is 35.4 Å². The third kappa shape index (κ3) is 2.97. The summed E-state index contributed by atoms with van der Waals surface area (Å²) in [4.78, 5) is 16.9. The predicted octanol–water partition coefficient (Wildman–Crippen LogP) is 1.74. The van der Waals surface area contributed by atoms with Crippen molar-refractivity contribution in [1.82, 2.24) is 9.80 Å². The van der Waals surface area contributed by atoms with Crippen molar-refractivity contribution in [2.75, 3.05) is 40.4 Å². The Bertz CT molecular complexity index is 631. The Kier molecular flexibility index (Phi) is 4.38. The molecule has 5 nitrogen and oxygen atoms in total. The molecule has 2 aliphatic rings. The molecule has 2 heterocycles. The molecule has 0 N–H and O–H groups in total. The number of carbonyl (C=O) groups is 1. The normalized spacial score (nSPS) is 23.3. The Balaban J connectivity index is 1.67.